The molecule has 0 aliphatic heterocycles. The molecule has 0 aliphatic rings. The Balaban J connectivity index is 1.98. The maximum Gasteiger partial charge on any atom is 0.123 e. The van der Waals surface area contributed by atoms with E-state index >= 15 is 0 Å². The molecule has 8 heteroatoms. The van der Waals surface area contributed by atoms with Crippen molar-refractivity contribution in [1.82, 2.24) is 30.8 Å². The first-order chi connectivity index (χ1) is 9.93. The Morgan fingerprint density at radius 2 is 1.75 bits per heavy atom. The van der Waals surface area contributed by atoms with Crippen molar-refractivity contribution in [2.24, 2.45) is 0 Å². The smallest absolute Gasteiger partial charge is 0.123 e. The highest BCUT2D eigenvalue weighted by atomic mass is 32.1. The monoisotopic (exact) mass is 300 g/mol. The minimum Gasteiger partial charge on any atom is -0.197 e. The molecule has 0 saturated heterocycles. The van der Waals surface area contributed by atoms with Crippen LogP contribution in [0.1, 0.15) is 0 Å². The first kappa shape index (κ1) is 11.5. The first-order valence-corrected chi connectivity index (χ1v) is 7.57. The molecule has 0 amide bonds. The van der Waals surface area contributed by atoms with Gasteiger partial charge in [-0.3, -0.25) is 0 Å². The molecule has 0 atom stereocenters. The fourth-order valence-electron chi connectivity index (χ4n) is 2.04. The lowest BCUT2D eigenvalue weighted by atomic mass is 10.1. The van der Waals surface area contributed by atoms with Gasteiger partial charge in [0.2, 0.25) is 0 Å². The minimum absolute atomic E-state index is 0.833. The molecule has 4 aromatic rings. The topological polar surface area (TPSA) is 83.1 Å². The van der Waals surface area contributed by atoms with E-state index in [0.29, 0.717) is 0 Å². The number of H-pyrrole nitrogens is 2. The highest BCUT2D eigenvalue weighted by Crippen LogP contribution is 2.44. The van der Waals surface area contributed by atoms with E-state index in [2.05, 4.69) is 47.6 Å². The first-order valence-electron chi connectivity index (χ1n) is 5.81. The number of thiophene rings is 2. The molecule has 4 rings (SSSR count). The van der Waals surface area contributed by atoms with Crippen molar-refractivity contribution in [1.29, 1.82) is 0 Å². The molecule has 0 radical (unpaired) electrons. The fraction of sp³-hybridized carbons (Fsp3) is 0. The fourth-order valence-corrected chi connectivity index (χ4v) is 3.93. The lowest BCUT2D eigenvalue weighted by molar-refractivity contribution is 0.942. The van der Waals surface area contributed by atoms with Crippen molar-refractivity contribution in [3.8, 4) is 32.3 Å². The Kier molecular flexibility index (Phi) is 2.68. The van der Waals surface area contributed by atoms with Crippen LogP contribution in [0, 0.1) is 0 Å². The Labute approximate surface area is 121 Å². The van der Waals surface area contributed by atoms with E-state index in [1.54, 1.807) is 35.1 Å². The number of hydrogen-bond donors (Lipinski definition) is 2. The second-order valence-electron chi connectivity index (χ2n) is 4.04. The normalized spacial score (nSPS) is 11.0. The second-order valence-corrected chi connectivity index (χ2v) is 5.87. The van der Waals surface area contributed by atoms with Crippen LogP contribution in [0.5, 0.6) is 0 Å². The zero-order valence-corrected chi connectivity index (χ0v) is 11.7. The Hall–Kier alpha value is -2.32. The van der Waals surface area contributed by atoms with Crippen molar-refractivity contribution in [3.05, 3.63) is 35.3 Å². The Morgan fingerprint density at radius 1 is 0.950 bits per heavy atom. The molecule has 6 nitrogen and oxygen atoms in total. The van der Waals surface area contributed by atoms with Crippen LogP contribution >= 0.6 is 22.7 Å². The predicted octanol–water partition coefficient (Wildman–Crippen LogP) is 3.05. The van der Waals surface area contributed by atoms with Crippen molar-refractivity contribution < 1.29 is 0 Å². The molecule has 0 aromatic carbocycles. The van der Waals surface area contributed by atoms with Crippen LogP contribution in [-0.2, 0) is 0 Å². The highest BCUT2D eigenvalue weighted by Gasteiger charge is 2.20. The maximum atomic E-state index is 4.19. The van der Waals surface area contributed by atoms with Crippen LogP contribution in [0.15, 0.2) is 35.3 Å². The molecule has 98 valence electrons. The molecule has 4 heterocycles. The summed E-state index contributed by atoms with van der Waals surface area (Å²) in [6.45, 7) is 0. The standard InChI is InChI=1S/C12H8N6S2/c1-2-10(19-3-1)11-7(8-4-13-17-15-8)6-20-12(11)9-5-14-18-16-9/h1-6H,(H,13,15,17)(H,14,16,18). The lowest BCUT2D eigenvalue weighted by Crippen LogP contribution is -1.82. The van der Waals surface area contributed by atoms with Gasteiger partial charge in [-0.1, -0.05) is 6.07 Å². The summed E-state index contributed by atoms with van der Waals surface area (Å²) in [5, 5.41) is 25.6. The van der Waals surface area contributed by atoms with E-state index in [-0.39, 0.29) is 0 Å². The Bertz CT molecular complexity index is 747. The van der Waals surface area contributed by atoms with Crippen LogP contribution in [0.3, 0.4) is 0 Å². The summed E-state index contributed by atoms with van der Waals surface area (Å²) >= 11 is 3.33. The average Bonchev–Trinajstić information content (AvgIpc) is 3.23. The van der Waals surface area contributed by atoms with Crippen LogP contribution in [0.25, 0.3) is 32.3 Å². The number of hydrogen-bond acceptors (Lipinski definition) is 6. The number of nitrogens with one attached hydrogen (secondary N) is 2. The third kappa shape index (κ3) is 1.77. The van der Waals surface area contributed by atoms with Gasteiger partial charge in [-0.15, -0.1) is 22.7 Å². The summed E-state index contributed by atoms with van der Waals surface area (Å²) < 4.78 is 0. The number of nitrogens with zero attached hydrogens (tertiary/aromatic N) is 4. The molecule has 2 N–H and O–H groups in total. The van der Waals surface area contributed by atoms with E-state index in [0.717, 1.165) is 27.4 Å². The molecule has 0 spiro atoms. The van der Waals surface area contributed by atoms with Crippen LogP contribution in [-0.4, -0.2) is 30.8 Å². The van der Waals surface area contributed by atoms with Crippen LogP contribution in [0.2, 0.25) is 0 Å². The highest BCUT2D eigenvalue weighted by molar-refractivity contribution is 7.17. The third-order valence-electron chi connectivity index (χ3n) is 2.90. The van der Waals surface area contributed by atoms with E-state index in [1.807, 2.05) is 6.07 Å². The zero-order valence-electron chi connectivity index (χ0n) is 10.1. The van der Waals surface area contributed by atoms with Crippen molar-refractivity contribution in [2.75, 3.05) is 0 Å². The van der Waals surface area contributed by atoms with Gasteiger partial charge in [0.1, 0.15) is 11.4 Å². The van der Waals surface area contributed by atoms with Crippen LogP contribution in [0.4, 0.5) is 0 Å². The summed E-state index contributed by atoms with van der Waals surface area (Å²) in [6.07, 6.45) is 3.46. The summed E-state index contributed by atoms with van der Waals surface area (Å²) in [4.78, 5) is 2.27. The molecule has 0 fully saturated rings. The molecule has 20 heavy (non-hydrogen) atoms. The van der Waals surface area contributed by atoms with E-state index in [1.165, 1.54) is 4.88 Å². The van der Waals surface area contributed by atoms with Crippen molar-refractivity contribution in [2.45, 2.75) is 0 Å². The number of aromatic nitrogens is 6. The van der Waals surface area contributed by atoms with Gasteiger partial charge in [0.15, 0.2) is 0 Å². The number of rotatable bonds is 3. The van der Waals surface area contributed by atoms with Gasteiger partial charge in [-0.2, -0.15) is 30.8 Å². The summed E-state index contributed by atoms with van der Waals surface area (Å²) in [7, 11) is 0. The second kappa shape index (κ2) is 4.66. The van der Waals surface area contributed by atoms with Gasteiger partial charge in [0, 0.05) is 21.4 Å². The van der Waals surface area contributed by atoms with Gasteiger partial charge in [-0.25, -0.2) is 0 Å². The van der Waals surface area contributed by atoms with E-state index in [9.17, 15) is 0 Å². The SMILES string of the molecule is c1csc(-c2c(-c3cn[nH]n3)csc2-c2cn[nH]n2)c1. The summed E-state index contributed by atoms with van der Waals surface area (Å²) in [5.74, 6) is 0. The third-order valence-corrected chi connectivity index (χ3v) is 4.79. The van der Waals surface area contributed by atoms with Gasteiger partial charge < -0.3 is 0 Å². The predicted molar refractivity (Wildman–Crippen MR) is 78.4 cm³/mol. The van der Waals surface area contributed by atoms with Crippen molar-refractivity contribution >= 4 is 22.7 Å². The van der Waals surface area contributed by atoms with Gasteiger partial charge in [-0.05, 0) is 11.4 Å². The quantitative estimate of drug-likeness (QED) is 0.609. The van der Waals surface area contributed by atoms with Crippen LogP contribution < -0.4 is 0 Å². The zero-order chi connectivity index (χ0) is 13.4. The largest absolute Gasteiger partial charge is 0.197 e. The molecule has 0 saturated carbocycles. The van der Waals surface area contributed by atoms with Crippen molar-refractivity contribution in [3.63, 3.8) is 0 Å². The number of aromatic amines is 2. The molecular formula is C12H8N6S2. The molecule has 0 aliphatic carbocycles. The average molecular weight is 300 g/mol. The molecular weight excluding hydrogens is 292 g/mol. The Morgan fingerprint density at radius 3 is 2.40 bits per heavy atom. The molecule has 0 bridgehead atoms. The summed E-state index contributed by atoms with van der Waals surface area (Å²) in [6, 6.07) is 4.14. The summed E-state index contributed by atoms with van der Waals surface area (Å²) in [5.41, 5.74) is 3.87. The maximum absolute atomic E-state index is 4.19. The van der Waals surface area contributed by atoms with Gasteiger partial charge in [0.05, 0.1) is 17.3 Å². The molecule has 0 unspecified atom stereocenters. The van der Waals surface area contributed by atoms with E-state index in [4.69, 9.17) is 0 Å². The molecule has 4 aromatic heterocycles. The van der Waals surface area contributed by atoms with Gasteiger partial charge >= 0.3 is 0 Å². The van der Waals surface area contributed by atoms with Gasteiger partial charge in [0.25, 0.3) is 0 Å². The lowest BCUT2D eigenvalue weighted by Gasteiger charge is -2.01. The minimum atomic E-state index is 0.833. The van der Waals surface area contributed by atoms with E-state index < -0.39 is 0 Å².